The number of alkyl halides is 3. The minimum absolute atomic E-state index is 0.310. The molecule has 0 fully saturated rings. The summed E-state index contributed by atoms with van der Waals surface area (Å²) in [7, 11) is 0. The number of halogens is 3. The average Bonchev–Trinajstić information content (AvgIpc) is 2.38. The molecule has 0 aromatic heterocycles. The van der Waals surface area contributed by atoms with Crippen molar-refractivity contribution in [3.05, 3.63) is 53.6 Å². The summed E-state index contributed by atoms with van der Waals surface area (Å²) in [6.45, 7) is 0. The summed E-state index contributed by atoms with van der Waals surface area (Å²) in [4.78, 5) is 0. The monoisotopic (exact) mass is 277 g/mol. The highest BCUT2D eigenvalue weighted by atomic mass is 19.4. The van der Waals surface area contributed by atoms with E-state index in [-0.39, 0.29) is 0 Å². The maximum absolute atomic E-state index is 12.4. The molecule has 0 aliphatic rings. The van der Waals surface area contributed by atoms with Crippen molar-refractivity contribution in [1.29, 1.82) is 5.26 Å². The Balaban J connectivity index is 2.19. The lowest BCUT2D eigenvalue weighted by Crippen LogP contribution is -2.04. The highest BCUT2D eigenvalue weighted by Gasteiger charge is 2.29. The number of hydrogen-bond donors (Lipinski definition) is 2. The Labute approximate surface area is 113 Å². The number of hydrogen-bond acceptors (Lipinski definition) is 3. The van der Waals surface area contributed by atoms with Crippen LogP contribution in [-0.4, -0.2) is 0 Å². The first-order chi connectivity index (χ1) is 9.40. The Morgan fingerprint density at radius 3 is 2.10 bits per heavy atom. The van der Waals surface area contributed by atoms with Crippen LogP contribution < -0.4 is 11.1 Å². The van der Waals surface area contributed by atoms with Gasteiger partial charge in [0.2, 0.25) is 0 Å². The molecule has 3 nitrogen and oxygen atoms in total. The van der Waals surface area contributed by atoms with E-state index in [2.05, 4.69) is 5.32 Å². The highest BCUT2D eigenvalue weighted by Crippen LogP contribution is 2.30. The number of benzene rings is 2. The van der Waals surface area contributed by atoms with E-state index in [9.17, 15) is 13.2 Å². The molecule has 3 N–H and O–H groups in total. The second-order valence-electron chi connectivity index (χ2n) is 4.11. The molecular formula is C14H10F3N3. The van der Waals surface area contributed by atoms with Crippen LogP contribution in [0.2, 0.25) is 0 Å². The summed E-state index contributed by atoms with van der Waals surface area (Å²) >= 11 is 0. The van der Waals surface area contributed by atoms with Crippen LogP contribution in [0.15, 0.2) is 42.5 Å². The van der Waals surface area contributed by atoms with Crippen molar-refractivity contribution in [3.8, 4) is 6.07 Å². The molecule has 0 bridgehead atoms. The summed E-state index contributed by atoms with van der Waals surface area (Å²) < 4.78 is 37.2. The van der Waals surface area contributed by atoms with Gasteiger partial charge in [-0.2, -0.15) is 18.4 Å². The number of nitrogens with one attached hydrogen (secondary N) is 1. The minimum atomic E-state index is -4.35. The van der Waals surface area contributed by atoms with Gasteiger partial charge in [0.15, 0.2) is 0 Å². The normalized spacial score (nSPS) is 10.9. The Morgan fingerprint density at radius 1 is 1.00 bits per heavy atom. The second kappa shape index (κ2) is 5.13. The highest BCUT2D eigenvalue weighted by molar-refractivity contribution is 5.67. The molecule has 6 heteroatoms. The summed E-state index contributed by atoms with van der Waals surface area (Å²) in [5.74, 6) is 0. The molecule has 0 atom stereocenters. The van der Waals surface area contributed by atoms with Gasteiger partial charge in [-0.05, 0) is 42.5 Å². The Bertz CT molecular complexity index is 655. The van der Waals surface area contributed by atoms with E-state index in [0.29, 0.717) is 22.6 Å². The minimum Gasteiger partial charge on any atom is -0.398 e. The van der Waals surface area contributed by atoms with E-state index >= 15 is 0 Å². The molecular weight excluding hydrogens is 267 g/mol. The molecule has 2 aromatic rings. The summed E-state index contributed by atoms with van der Waals surface area (Å²) in [5.41, 5.74) is 6.71. The van der Waals surface area contributed by atoms with Crippen LogP contribution in [0.1, 0.15) is 11.1 Å². The third-order valence-electron chi connectivity index (χ3n) is 2.67. The van der Waals surface area contributed by atoms with Crippen LogP contribution in [0.25, 0.3) is 0 Å². The lowest BCUT2D eigenvalue weighted by Gasteiger charge is -2.10. The fourth-order valence-electron chi connectivity index (χ4n) is 1.65. The average molecular weight is 277 g/mol. The standard InChI is InChI=1S/C14H10F3N3/c15-14(16,17)10-2-5-11(6-3-10)20-12-4-1-9(8-18)13(19)7-12/h1-7,20H,19H2. The van der Waals surface area contributed by atoms with Crippen LogP contribution in [0.4, 0.5) is 30.2 Å². The molecule has 0 radical (unpaired) electrons. The van der Waals surface area contributed by atoms with Gasteiger partial charge in [0.1, 0.15) is 6.07 Å². The van der Waals surface area contributed by atoms with Gasteiger partial charge < -0.3 is 11.1 Å². The van der Waals surface area contributed by atoms with E-state index in [1.807, 2.05) is 6.07 Å². The lowest BCUT2D eigenvalue weighted by molar-refractivity contribution is -0.137. The molecule has 2 aromatic carbocycles. The fraction of sp³-hybridized carbons (Fsp3) is 0.0714. The molecule has 0 unspecified atom stereocenters. The predicted octanol–water partition coefficient (Wildman–Crippen LogP) is 3.90. The van der Waals surface area contributed by atoms with Gasteiger partial charge in [-0.1, -0.05) is 0 Å². The second-order valence-corrected chi connectivity index (χ2v) is 4.11. The third-order valence-corrected chi connectivity index (χ3v) is 2.67. The number of nitrogens with zero attached hydrogens (tertiary/aromatic N) is 1. The maximum atomic E-state index is 12.4. The molecule has 0 saturated heterocycles. The van der Waals surface area contributed by atoms with E-state index in [4.69, 9.17) is 11.0 Å². The number of nitriles is 1. The first-order valence-electron chi connectivity index (χ1n) is 5.64. The SMILES string of the molecule is N#Cc1ccc(Nc2ccc(C(F)(F)F)cc2)cc1N. The van der Waals surface area contributed by atoms with E-state index in [1.165, 1.54) is 12.1 Å². The first kappa shape index (κ1) is 13.7. The summed E-state index contributed by atoms with van der Waals surface area (Å²) in [5, 5.41) is 11.7. The zero-order valence-corrected chi connectivity index (χ0v) is 10.2. The Hall–Kier alpha value is -2.68. The number of rotatable bonds is 2. The van der Waals surface area contributed by atoms with Crippen molar-refractivity contribution < 1.29 is 13.2 Å². The Kier molecular flexibility index (Phi) is 3.53. The van der Waals surface area contributed by atoms with Crippen LogP contribution in [-0.2, 0) is 6.18 Å². The largest absolute Gasteiger partial charge is 0.416 e. The number of nitrogen functional groups attached to an aromatic ring is 1. The zero-order chi connectivity index (χ0) is 14.8. The topological polar surface area (TPSA) is 61.8 Å². The van der Waals surface area contributed by atoms with Crippen molar-refractivity contribution in [3.63, 3.8) is 0 Å². The van der Waals surface area contributed by atoms with Crippen LogP contribution in [0.5, 0.6) is 0 Å². The van der Waals surface area contributed by atoms with Crippen molar-refractivity contribution in [2.75, 3.05) is 11.1 Å². The van der Waals surface area contributed by atoms with Crippen molar-refractivity contribution in [1.82, 2.24) is 0 Å². The van der Waals surface area contributed by atoms with Crippen molar-refractivity contribution in [2.24, 2.45) is 0 Å². The van der Waals surface area contributed by atoms with Crippen molar-refractivity contribution >= 4 is 17.1 Å². The van der Waals surface area contributed by atoms with Gasteiger partial charge in [0.25, 0.3) is 0 Å². The fourth-order valence-corrected chi connectivity index (χ4v) is 1.65. The zero-order valence-electron chi connectivity index (χ0n) is 10.2. The third kappa shape index (κ3) is 3.01. The molecule has 0 aliphatic heterocycles. The van der Waals surface area contributed by atoms with Gasteiger partial charge in [0, 0.05) is 11.4 Å². The lowest BCUT2D eigenvalue weighted by atomic mass is 10.1. The van der Waals surface area contributed by atoms with Gasteiger partial charge in [0.05, 0.1) is 16.8 Å². The van der Waals surface area contributed by atoms with Crippen LogP contribution in [0, 0.1) is 11.3 Å². The number of anilines is 3. The Morgan fingerprint density at radius 2 is 1.60 bits per heavy atom. The molecule has 0 amide bonds. The molecule has 2 rings (SSSR count). The first-order valence-corrected chi connectivity index (χ1v) is 5.64. The van der Waals surface area contributed by atoms with Crippen LogP contribution in [0.3, 0.4) is 0 Å². The van der Waals surface area contributed by atoms with Crippen molar-refractivity contribution in [2.45, 2.75) is 6.18 Å². The molecule has 0 heterocycles. The number of nitrogens with two attached hydrogens (primary N) is 1. The van der Waals surface area contributed by atoms with E-state index in [1.54, 1.807) is 18.2 Å². The van der Waals surface area contributed by atoms with Gasteiger partial charge in [-0.3, -0.25) is 0 Å². The molecule has 0 spiro atoms. The van der Waals surface area contributed by atoms with Gasteiger partial charge in [-0.25, -0.2) is 0 Å². The van der Waals surface area contributed by atoms with Gasteiger partial charge in [-0.15, -0.1) is 0 Å². The quantitative estimate of drug-likeness (QED) is 0.818. The predicted molar refractivity (Wildman–Crippen MR) is 70.3 cm³/mol. The van der Waals surface area contributed by atoms with Crippen LogP contribution >= 0.6 is 0 Å². The molecule has 0 saturated carbocycles. The molecule has 0 aliphatic carbocycles. The smallest absolute Gasteiger partial charge is 0.398 e. The molecule has 20 heavy (non-hydrogen) atoms. The van der Waals surface area contributed by atoms with Gasteiger partial charge >= 0.3 is 6.18 Å². The van der Waals surface area contributed by atoms with E-state index in [0.717, 1.165) is 12.1 Å². The van der Waals surface area contributed by atoms with E-state index < -0.39 is 11.7 Å². The molecule has 102 valence electrons. The maximum Gasteiger partial charge on any atom is 0.416 e. The summed E-state index contributed by atoms with van der Waals surface area (Å²) in [6, 6.07) is 11.3. The summed E-state index contributed by atoms with van der Waals surface area (Å²) in [6.07, 6.45) is -4.35.